The van der Waals surface area contributed by atoms with Crippen molar-refractivity contribution >= 4 is 17.6 Å². The molecular formula is C23H33N5O5. The summed E-state index contributed by atoms with van der Waals surface area (Å²) in [6, 6.07) is 8.14. The number of carbonyl (C=O) groups is 2. The Morgan fingerprint density at radius 1 is 0.909 bits per heavy atom. The Morgan fingerprint density at radius 2 is 1.61 bits per heavy atom. The van der Waals surface area contributed by atoms with Crippen LogP contribution in [0.3, 0.4) is 0 Å². The van der Waals surface area contributed by atoms with E-state index in [1.54, 1.807) is 13.8 Å². The van der Waals surface area contributed by atoms with Crippen LogP contribution >= 0.6 is 0 Å². The smallest absolute Gasteiger partial charge is 0.361 e. The number of para-hydroxylation sites is 2. The number of carbonyl (C=O) groups excluding carboxylic acids is 2. The summed E-state index contributed by atoms with van der Waals surface area (Å²) in [4.78, 5) is 29.3. The van der Waals surface area contributed by atoms with Crippen LogP contribution in [0, 0.1) is 0 Å². The molecule has 0 N–H and O–H groups in total. The Hall–Kier alpha value is -3.14. The molecule has 0 unspecified atom stereocenters. The molecule has 10 heteroatoms. The van der Waals surface area contributed by atoms with Crippen LogP contribution in [0.1, 0.15) is 48.2 Å². The maximum atomic E-state index is 12.4. The van der Waals surface area contributed by atoms with Gasteiger partial charge in [0, 0.05) is 39.3 Å². The minimum Gasteiger partial charge on any atom is -0.492 e. The third-order valence-electron chi connectivity index (χ3n) is 5.40. The van der Waals surface area contributed by atoms with E-state index < -0.39 is 11.9 Å². The van der Waals surface area contributed by atoms with E-state index in [2.05, 4.69) is 26.2 Å². The highest BCUT2D eigenvalue weighted by molar-refractivity contribution is 6.00. The predicted molar refractivity (Wildman–Crippen MR) is 123 cm³/mol. The monoisotopic (exact) mass is 459 g/mol. The van der Waals surface area contributed by atoms with Crippen LogP contribution in [0.5, 0.6) is 5.75 Å². The number of piperazine rings is 1. The summed E-state index contributed by atoms with van der Waals surface area (Å²) in [6.07, 6.45) is 0.758. The van der Waals surface area contributed by atoms with Gasteiger partial charge >= 0.3 is 11.9 Å². The predicted octanol–water partition coefficient (Wildman–Crippen LogP) is 2.24. The van der Waals surface area contributed by atoms with E-state index in [1.807, 2.05) is 25.1 Å². The summed E-state index contributed by atoms with van der Waals surface area (Å²) in [5, 5.41) is 7.88. The summed E-state index contributed by atoms with van der Waals surface area (Å²) in [7, 11) is 0. The first kappa shape index (κ1) is 24.5. The van der Waals surface area contributed by atoms with E-state index in [0.717, 1.165) is 50.6 Å². The second-order valence-corrected chi connectivity index (χ2v) is 7.53. The van der Waals surface area contributed by atoms with Crippen molar-refractivity contribution in [3.8, 4) is 5.75 Å². The summed E-state index contributed by atoms with van der Waals surface area (Å²) in [6.45, 7) is 11.4. The van der Waals surface area contributed by atoms with E-state index in [1.165, 1.54) is 4.68 Å². The number of nitrogens with zero attached hydrogens (tertiary/aromatic N) is 5. The Labute approximate surface area is 194 Å². The zero-order chi connectivity index (χ0) is 23.6. The van der Waals surface area contributed by atoms with Crippen LogP contribution in [0.2, 0.25) is 0 Å². The molecule has 33 heavy (non-hydrogen) atoms. The van der Waals surface area contributed by atoms with Crippen molar-refractivity contribution in [2.45, 2.75) is 33.7 Å². The molecular weight excluding hydrogens is 426 g/mol. The lowest BCUT2D eigenvalue weighted by Gasteiger charge is -2.36. The number of anilines is 1. The molecule has 2 aromatic rings. The zero-order valence-corrected chi connectivity index (χ0v) is 19.7. The summed E-state index contributed by atoms with van der Waals surface area (Å²) < 4.78 is 17.3. The molecule has 0 aliphatic carbocycles. The van der Waals surface area contributed by atoms with Gasteiger partial charge in [-0.3, -0.25) is 4.90 Å². The van der Waals surface area contributed by atoms with Gasteiger partial charge in [-0.05, 0) is 39.3 Å². The summed E-state index contributed by atoms with van der Waals surface area (Å²) >= 11 is 0. The molecule has 0 saturated carbocycles. The molecule has 0 spiro atoms. The third kappa shape index (κ3) is 6.22. The highest BCUT2D eigenvalue weighted by atomic mass is 16.5. The van der Waals surface area contributed by atoms with Crippen LogP contribution in [-0.2, 0) is 16.0 Å². The standard InChI is InChI=1S/C23H33N5O5/c1-4-31-19-11-8-7-10-18(19)27-16-14-26(15-17-27)12-9-13-28-21(23(30)33-6-3)20(24-25-28)22(29)32-5-2/h7-8,10-11H,4-6,9,12-17H2,1-3H3. The number of esters is 2. The first-order chi connectivity index (χ1) is 16.1. The van der Waals surface area contributed by atoms with Crippen molar-refractivity contribution in [1.29, 1.82) is 0 Å². The largest absolute Gasteiger partial charge is 0.492 e. The Bertz CT molecular complexity index is 924. The van der Waals surface area contributed by atoms with Crippen LogP contribution in [-0.4, -0.2) is 84.4 Å². The van der Waals surface area contributed by atoms with Crippen LogP contribution in [0.4, 0.5) is 5.69 Å². The van der Waals surface area contributed by atoms with Gasteiger partial charge < -0.3 is 19.1 Å². The van der Waals surface area contributed by atoms with Crippen molar-refractivity contribution in [3.05, 3.63) is 35.7 Å². The molecule has 10 nitrogen and oxygen atoms in total. The van der Waals surface area contributed by atoms with Crippen molar-refractivity contribution in [2.24, 2.45) is 0 Å². The number of aromatic nitrogens is 3. The lowest BCUT2D eigenvalue weighted by molar-refractivity contribution is 0.0466. The minimum absolute atomic E-state index is 0.0488. The minimum atomic E-state index is -0.671. The molecule has 3 rings (SSSR count). The van der Waals surface area contributed by atoms with Gasteiger partial charge in [-0.1, -0.05) is 17.3 Å². The third-order valence-corrected chi connectivity index (χ3v) is 5.40. The molecule has 1 fully saturated rings. The Balaban J connectivity index is 1.55. The molecule has 0 amide bonds. The number of rotatable bonds is 11. The number of benzene rings is 1. The van der Waals surface area contributed by atoms with E-state index in [4.69, 9.17) is 14.2 Å². The van der Waals surface area contributed by atoms with Crippen LogP contribution < -0.4 is 9.64 Å². The molecule has 0 atom stereocenters. The Kier molecular flexibility index (Phi) is 9.05. The van der Waals surface area contributed by atoms with Gasteiger partial charge in [-0.2, -0.15) is 0 Å². The fourth-order valence-electron chi connectivity index (χ4n) is 3.86. The summed E-state index contributed by atoms with van der Waals surface area (Å²) in [5.74, 6) is -0.370. The first-order valence-corrected chi connectivity index (χ1v) is 11.6. The van der Waals surface area contributed by atoms with Gasteiger partial charge in [0.15, 0.2) is 5.69 Å². The van der Waals surface area contributed by atoms with Gasteiger partial charge in [-0.25, -0.2) is 14.3 Å². The fourth-order valence-corrected chi connectivity index (χ4v) is 3.86. The maximum Gasteiger partial charge on any atom is 0.361 e. The highest BCUT2D eigenvalue weighted by Crippen LogP contribution is 2.28. The molecule has 2 heterocycles. The number of ether oxygens (including phenoxy) is 3. The quantitative estimate of drug-likeness (QED) is 0.468. The van der Waals surface area contributed by atoms with Crippen molar-refractivity contribution in [3.63, 3.8) is 0 Å². The molecule has 1 saturated heterocycles. The molecule has 1 aromatic heterocycles. The topological polar surface area (TPSA) is 99.0 Å². The van der Waals surface area contributed by atoms with Gasteiger partial charge in [0.05, 0.1) is 25.5 Å². The maximum absolute atomic E-state index is 12.4. The SMILES string of the molecule is CCOC(=O)c1nnn(CCCN2CCN(c3ccccc3OCC)CC2)c1C(=O)OCC. The molecule has 1 aliphatic heterocycles. The number of hydrogen-bond donors (Lipinski definition) is 0. The molecule has 0 bridgehead atoms. The van der Waals surface area contributed by atoms with Gasteiger partial charge in [0.2, 0.25) is 5.69 Å². The second-order valence-electron chi connectivity index (χ2n) is 7.53. The van der Waals surface area contributed by atoms with Gasteiger partial charge in [-0.15, -0.1) is 5.10 Å². The summed E-state index contributed by atoms with van der Waals surface area (Å²) in [5.41, 5.74) is 1.08. The molecule has 180 valence electrons. The Morgan fingerprint density at radius 3 is 2.30 bits per heavy atom. The second kappa shape index (κ2) is 12.2. The first-order valence-electron chi connectivity index (χ1n) is 11.6. The average Bonchev–Trinajstić information content (AvgIpc) is 3.25. The highest BCUT2D eigenvalue weighted by Gasteiger charge is 2.27. The average molecular weight is 460 g/mol. The van der Waals surface area contributed by atoms with Crippen LogP contribution in [0.15, 0.2) is 24.3 Å². The molecule has 0 radical (unpaired) electrons. The van der Waals surface area contributed by atoms with E-state index >= 15 is 0 Å². The zero-order valence-electron chi connectivity index (χ0n) is 19.7. The lowest BCUT2D eigenvalue weighted by atomic mass is 10.2. The molecule has 1 aromatic carbocycles. The molecule has 1 aliphatic rings. The van der Waals surface area contributed by atoms with Crippen molar-refractivity contribution in [1.82, 2.24) is 19.9 Å². The fraction of sp³-hybridized carbons (Fsp3) is 0.565. The number of hydrogen-bond acceptors (Lipinski definition) is 9. The van der Waals surface area contributed by atoms with Gasteiger partial charge in [0.25, 0.3) is 0 Å². The van der Waals surface area contributed by atoms with Crippen molar-refractivity contribution in [2.75, 3.05) is 57.4 Å². The van der Waals surface area contributed by atoms with Crippen molar-refractivity contribution < 1.29 is 23.8 Å². The van der Waals surface area contributed by atoms with Gasteiger partial charge in [0.1, 0.15) is 5.75 Å². The lowest BCUT2D eigenvalue weighted by Crippen LogP contribution is -2.46. The number of aryl methyl sites for hydroxylation is 1. The van der Waals surface area contributed by atoms with E-state index in [0.29, 0.717) is 13.2 Å². The van der Waals surface area contributed by atoms with Crippen LogP contribution in [0.25, 0.3) is 0 Å². The van der Waals surface area contributed by atoms with E-state index in [9.17, 15) is 9.59 Å². The normalized spacial score (nSPS) is 14.2. The van der Waals surface area contributed by atoms with E-state index in [-0.39, 0.29) is 24.6 Å².